The highest BCUT2D eigenvalue weighted by Crippen LogP contribution is 2.25. The summed E-state index contributed by atoms with van der Waals surface area (Å²) in [5.41, 5.74) is 5.53. The van der Waals surface area contributed by atoms with Crippen molar-refractivity contribution in [1.82, 2.24) is 15.0 Å². The lowest BCUT2D eigenvalue weighted by Gasteiger charge is -2.32. The van der Waals surface area contributed by atoms with E-state index in [4.69, 9.17) is 4.74 Å². The first kappa shape index (κ1) is 22.1. The Bertz CT molecular complexity index is 1010. The van der Waals surface area contributed by atoms with Crippen molar-refractivity contribution in [1.29, 1.82) is 0 Å². The highest BCUT2D eigenvalue weighted by molar-refractivity contribution is 5.49. The van der Waals surface area contributed by atoms with Crippen molar-refractivity contribution >= 4 is 11.6 Å². The Morgan fingerprint density at radius 3 is 2.34 bits per heavy atom. The molecule has 168 valence electrons. The van der Waals surface area contributed by atoms with Gasteiger partial charge in [0.1, 0.15) is 11.9 Å². The minimum atomic E-state index is 0.189. The second-order valence-electron chi connectivity index (χ2n) is 8.57. The van der Waals surface area contributed by atoms with Crippen molar-refractivity contribution < 1.29 is 4.74 Å². The van der Waals surface area contributed by atoms with Gasteiger partial charge in [0.25, 0.3) is 0 Å². The number of hydrogen-bond acceptors (Lipinski definition) is 6. The average Bonchev–Trinajstić information content (AvgIpc) is 2.82. The van der Waals surface area contributed by atoms with Crippen molar-refractivity contribution in [3.05, 3.63) is 71.3 Å². The van der Waals surface area contributed by atoms with E-state index >= 15 is 0 Å². The van der Waals surface area contributed by atoms with E-state index in [0.29, 0.717) is 0 Å². The van der Waals surface area contributed by atoms with Gasteiger partial charge in [-0.2, -0.15) is 0 Å². The maximum atomic E-state index is 6.26. The number of aryl methyl sites for hydroxylation is 3. The molecule has 3 aromatic rings. The fraction of sp³-hybridized carbons (Fsp3) is 0.423. The van der Waals surface area contributed by atoms with Crippen molar-refractivity contribution in [3.8, 4) is 5.75 Å². The number of benzene rings is 1. The van der Waals surface area contributed by atoms with Crippen LogP contribution >= 0.6 is 0 Å². The largest absolute Gasteiger partial charge is 0.490 e. The van der Waals surface area contributed by atoms with Gasteiger partial charge in [0, 0.05) is 50.1 Å². The molecule has 1 atom stereocenters. The first-order chi connectivity index (χ1) is 15.5. The summed E-state index contributed by atoms with van der Waals surface area (Å²) in [6.07, 6.45) is 6.99. The number of anilines is 2. The lowest BCUT2D eigenvalue weighted by atomic mass is 10.1. The highest BCUT2D eigenvalue weighted by Gasteiger charge is 2.22. The maximum Gasteiger partial charge on any atom is 0.225 e. The fourth-order valence-electron chi connectivity index (χ4n) is 4.05. The average molecular weight is 432 g/mol. The Balaban J connectivity index is 1.29. The Labute approximate surface area is 191 Å². The van der Waals surface area contributed by atoms with Crippen molar-refractivity contribution in [2.45, 2.75) is 59.1 Å². The zero-order chi connectivity index (χ0) is 22.5. The molecule has 1 unspecified atom stereocenters. The van der Waals surface area contributed by atoms with Crippen LogP contribution in [0.25, 0.3) is 0 Å². The van der Waals surface area contributed by atoms with Crippen LogP contribution in [0, 0.1) is 13.8 Å². The molecule has 0 saturated carbocycles. The molecular weight excluding hydrogens is 398 g/mol. The zero-order valence-electron chi connectivity index (χ0n) is 19.5. The highest BCUT2D eigenvalue weighted by atomic mass is 16.5. The Kier molecular flexibility index (Phi) is 6.88. The molecule has 0 bridgehead atoms. The number of aromatic nitrogens is 3. The van der Waals surface area contributed by atoms with Crippen LogP contribution < -0.4 is 15.0 Å². The zero-order valence-corrected chi connectivity index (χ0v) is 19.5. The fourth-order valence-corrected chi connectivity index (χ4v) is 4.05. The molecule has 1 aromatic carbocycles. The van der Waals surface area contributed by atoms with E-state index in [1.165, 1.54) is 11.1 Å². The standard InChI is InChI=1S/C26H33N5O/c1-5-21-16-27-26(28-17-21)31-14-12-24(13-15-31)32-23-9-7-22(8-10-23)19(3)30-25-11-6-18(2)29-20(25)4/h6-11,16-17,19,24,30H,5,12-15H2,1-4H3. The predicted molar refractivity (Wildman–Crippen MR) is 129 cm³/mol. The van der Waals surface area contributed by atoms with Gasteiger partial charge < -0.3 is 15.0 Å². The summed E-state index contributed by atoms with van der Waals surface area (Å²) in [4.78, 5) is 15.8. The van der Waals surface area contributed by atoms with Crippen LogP contribution in [-0.2, 0) is 6.42 Å². The van der Waals surface area contributed by atoms with Crippen molar-refractivity contribution in [3.63, 3.8) is 0 Å². The molecular formula is C26H33N5O. The third kappa shape index (κ3) is 5.36. The second-order valence-corrected chi connectivity index (χ2v) is 8.57. The molecule has 1 aliphatic heterocycles. The third-order valence-corrected chi connectivity index (χ3v) is 6.10. The van der Waals surface area contributed by atoms with Gasteiger partial charge in [-0.1, -0.05) is 19.1 Å². The van der Waals surface area contributed by atoms with E-state index in [0.717, 1.165) is 61.1 Å². The molecule has 4 rings (SSSR count). The summed E-state index contributed by atoms with van der Waals surface area (Å²) in [7, 11) is 0. The van der Waals surface area contributed by atoms with E-state index in [2.05, 4.69) is 69.3 Å². The number of nitrogens with zero attached hydrogens (tertiary/aromatic N) is 4. The molecule has 2 aromatic heterocycles. The number of rotatable bonds is 7. The lowest BCUT2D eigenvalue weighted by Crippen LogP contribution is -2.39. The normalized spacial score (nSPS) is 15.4. The number of pyridine rings is 1. The minimum absolute atomic E-state index is 0.189. The lowest BCUT2D eigenvalue weighted by molar-refractivity contribution is 0.170. The molecule has 0 spiro atoms. The molecule has 6 heteroatoms. The van der Waals surface area contributed by atoms with Gasteiger partial charge in [-0.3, -0.25) is 4.98 Å². The Hall–Kier alpha value is -3.15. The van der Waals surface area contributed by atoms with Crippen LogP contribution in [0.2, 0.25) is 0 Å². The summed E-state index contributed by atoms with van der Waals surface area (Å²) < 4.78 is 6.26. The van der Waals surface area contributed by atoms with Crippen LogP contribution in [0.15, 0.2) is 48.8 Å². The molecule has 6 nitrogen and oxygen atoms in total. The van der Waals surface area contributed by atoms with Crippen molar-refractivity contribution in [2.75, 3.05) is 23.3 Å². The molecule has 1 aliphatic rings. The number of nitrogens with one attached hydrogen (secondary N) is 1. The van der Waals surface area contributed by atoms with E-state index in [-0.39, 0.29) is 12.1 Å². The van der Waals surface area contributed by atoms with E-state index in [1.807, 2.05) is 32.3 Å². The van der Waals surface area contributed by atoms with Crippen LogP contribution in [0.1, 0.15) is 55.2 Å². The van der Waals surface area contributed by atoms with Gasteiger partial charge in [0.2, 0.25) is 5.95 Å². The second kappa shape index (κ2) is 9.98. The number of hydrogen-bond donors (Lipinski definition) is 1. The van der Waals surface area contributed by atoms with E-state index in [1.54, 1.807) is 0 Å². The van der Waals surface area contributed by atoms with Gasteiger partial charge in [0.05, 0.1) is 11.4 Å². The molecule has 0 aliphatic carbocycles. The van der Waals surface area contributed by atoms with Crippen LogP contribution in [0.5, 0.6) is 5.75 Å². The minimum Gasteiger partial charge on any atom is -0.490 e. The SMILES string of the molecule is CCc1cnc(N2CCC(Oc3ccc(C(C)Nc4ccc(C)nc4C)cc3)CC2)nc1. The molecule has 1 fully saturated rings. The maximum absolute atomic E-state index is 6.26. The van der Waals surface area contributed by atoms with E-state index in [9.17, 15) is 0 Å². The van der Waals surface area contributed by atoms with Gasteiger partial charge in [0.15, 0.2) is 0 Å². The molecule has 0 radical (unpaired) electrons. The molecule has 32 heavy (non-hydrogen) atoms. The quantitative estimate of drug-likeness (QED) is 0.550. The number of piperidine rings is 1. The first-order valence-electron chi connectivity index (χ1n) is 11.5. The Morgan fingerprint density at radius 2 is 1.72 bits per heavy atom. The predicted octanol–water partition coefficient (Wildman–Crippen LogP) is 5.27. The number of ether oxygens (including phenoxy) is 1. The topological polar surface area (TPSA) is 63.2 Å². The van der Waals surface area contributed by atoms with Gasteiger partial charge in [-0.25, -0.2) is 9.97 Å². The summed E-state index contributed by atoms with van der Waals surface area (Å²) in [5.74, 6) is 1.75. The third-order valence-electron chi connectivity index (χ3n) is 6.10. The monoisotopic (exact) mass is 431 g/mol. The van der Waals surface area contributed by atoms with Crippen LogP contribution in [0.4, 0.5) is 11.6 Å². The summed E-state index contributed by atoms with van der Waals surface area (Å²) in [6.45, 7) is 10.2. The van der Waals surface area contributed by atoms with Crippen LogP contribution in [-0.4, -0.2) is 34.1 Å². The summed E-state index contributed by atoms with van der Waals surface area (Å²) in [5, 5.41) is 3.56. The molecule has 3 heterocycles. The molecule has 1 N–H and O–H groups in total. The van der Waals surface area contributed by atoms with Gasteiger partial charge >= 0.3 is 0 Å². The summed E-state index contributed by atoms with van der Waals surface area (Å²) in [6, 6.07) is 12.8. The summed E-state index contributed by atoms with van der Waals surface area (Å²) >= 11 is 0. The Morgan fingerprint density at radius 1 is 1.03 bits per heavy atom. The van der Waals surface area contributed by atoms with Gasteiger partial charge in [-0.15, -0.1) is 0 Å². The van der Waals surface area contributed by atoms with E-state index < -0.39 is 0 Å². The van der Waals surface area contributed by atoms with Crippen molar-refractivity contribution in [2.24, 2.45) is 0 Å². The molecule has 1 saturated heterocycles. The van der Waals surface area contributed by atoms with Crippen LogP contribution in [0.3, 0.4) is 0 Å². The van der Waals surface area contributed by atoms with Gasteiger partial charge in [-0.05, 0) is 62.6 Å². The smallest absolute Gasteiger partial charge is 0.225 e. The molecule has 0 amide bonds. The first-order valence-corrected chi connectivity index (χ1v) is 11.5.